The van der Waals surface area contributed by atoms with E-state index in [1.807, 2.05) is 47.4 Å². The summed E-state index contributed by atoms with van der Waals surface area (Å²) in [6, 6.07) is 12.8. The number of nitrogens with one attached hydrogen (secondary N) is 1. The van der Waals surface area contributed by atoms with Crippen molar-refractivity contribution in [1.29, 1.82) is 0 Å². The predicted octanol–water partition coefficient (Wildman–Crippen LogP) is 2.02. The predicted molar refractivity (Wildman–Crippen MR) is 116 cm³/mol. The Bertz CT molecular complexity index is 999. The number of hydrogen-bond donors (Lipinski definition) is 2. The number of carbonyl (C=O) groups excluding carboxylic acids is 2. The molecular weight excluding hydrogens is 378 g/mol. The molecule has 0 bridgehead atoms. The van der Waals surface area contributed by atoms with Crippen LogP contribution in [0.1, 0.15) is 35.7 Å². The van der Waals surface area contributed by atoms with E-state index >= 15 is 0 Å². The number of nitrogens with zero attached hydrogens (tertiary/aromatic N) is 3. The second kappa shape index (κ2) is 8.20. The first kappa shape index (κ1) is 20.0. The van der Waals surface area contributed by atoms with Crippen LogP contribution in [0.4, 0.5) is 0 Å². The fourth-order valence-corrected chi connectivity index (χ4v) is 3.73. The number of amides is 1. The van der Waals surface area contributed by atoms with Crippen molar-refractivity contribution in [1.82, 2.24) is 15.2 Å². The van der Waals surface area contributed by atoms with E-state index in [1.54, 1.807) is 19.3 Å². The standard InChI is InChI=1S/C23H25N5O2/c1-23(24)20(29)14-19(16-9-11-25-12-10-16)27-22(23)26-18-8-5-13-28(15-18)21(30)17-6-3-2-4-7-17/h2-4,6-7,9-12,14,18H,5,8,13,15,24H2,1H3,(H,26,27). The molecule has 2 aromatic rings. The molecule has 0 radical (unpaired) electrons. The van der Waals surface area contributed by atoms with E-state index in [9.17, 15) is 9.59 Å². The zero-order chi connectivity index (χ0) is 21.1. The summed E-state index contributed by atoms with van der Waals surface area (Å²) in [6.07, 6.45) is 6.54. The minimum Gasteiger partial charge on any atom is -0.342 e. The largest absolute Gasteiger partial charge is 0.342 e. The van der Waals surface area contributed by atoms with Gasteiger partial charge in [0.2, 0.25) is 0 Å². The number of hydrogen-bond acceptors (Lipinski definition) is 5. The first-order chi connectivity index (χ1) is 14.4. The lowest BCUT2D eigenvalue weighted by Crippen LogP contribution is -2.59. The van der Waals surface area contributed by atoms with Crippen LogP contribution in [0.3, 0.4) is 0 Å². The topological polar surface area (TPSA) is 101 Å². The van der Waals surface area contributed by atoms with E-state index in [1.165, 1.54) is 6.08 Å². The molecule has 1 amide bonds. The van der Waals surface area contributed by atoms with Gasteiger partial charge in [0.05, 0.1) is 11.7 Å². The quantitative estimate of drug-likeness (QED) is 0.817. The van der Waals surface area contributed by atoms with Crippen molar-refractivity contribution in [2.24, 2.45) is 10.7 Å². The number of amidine groups is 1. The number of likely N-dealkylation sites (tertiary alicyclic amines) is 1. The Morgan fingerprint density at radius 2 is 1.97 bits per heavy atom. The minimum atomic E-state index is -1.23. The molecule has 7 heteroatoms. The average Bonchev–Trinajstić information content (AvgIpc) is 2.78. The first-order valence-corrected chi connectivity index (χ1v) is 10.1. The molecule has 2 unspecified atom stereocenters. The van der Waals surface area contributed by atoms with Gasteiger partial charge in [0, 0.05) is 42.7 Å². The normalized spacial score (nSPS) is 25.6. The van der Waals surface area contributed by atoms with Crippen molar-refractivity contribution in [3.05, 3.63) is 72.1 Å². The van der Waals surface area contributed by atoms with Crippen LogP contribution in [-0.2, 0) is 4.79 Å². The fourth-order valence-electron chi connectivity index (χ4n) is 3.73. The van der Waals surface area contributed by atoms with Crippen LogP contribution in [0.15, 0.2) is 65.9 Å². The molecule has 0 aliphatic carbocycles. The molecule has 0 saturated carbocycles. The van der Waals surface area contributed by atoms with Gasteiger partial charge in [-0.1, -0.05) is 18.2 Å². The summed E-state index contributed by atoms with van der Waals surface area (Å²) in [5.41, 5.74) is 7.25. The van der Waals surface area contributed by atoms with E-state index in [-0.39, 0.29) is 17.7 Å². The third-order valence-electron chi connectivity index (χ3n) is 5.54. The zero-order valence-electron chi connectivity index (χ0n) is 16.9. The van der Waals surface area contributed by atoms with Crippen molar-refractivity contribution in [3.8, 4) is 0 Å². The Hall–Kier alpha value is -3.32. The Balaban J connectivity index is 1.56. The highest BCUT2D eigenvalue weighted by molar-refractivity contribution is 6.23. The molecule has 1 saturated heterocycles. The van der Waals surface area contributed by atoms with E-state index in [4.69, 9.17) is 10.7 Å². The number of benzene rings is 1. The zero-order valence-corrected chi connectivity index (χ0v) is 16.9. The number of ketones is 1. The third-order valence-corrected chi connectivity index (χ3v) is 5.54. The molecule has 154 valence electrons. The molecule has 0 spiro atoms. The van der Waals surface area contributed by atoms with Gasteiger partial charge in [-0.25, -0.2) is 0 Å². The molecule has 2 atom stereocenters. The van der Waals surface area contributed by atoms with Gasteiger partial charge in [-0.05, 0) is 44.0 Å². The van der Waals surface area contributed by atoms with Crippen molar-refractivity contribution < 1.29 is 9.59 Å². The third kappa shape index (κ3) is 4.02. The maximum atomic E-state index is 12.8. The van der Waals surface area contributed by atoms with Gasteiger partial charge in [0.15, 0.2) is 5.78 Å². The highest BCUT2D eigenvalue weighted by atomic mass is 16.2. The van der Waals surface area contributed by atoms with Crippen LogP contribution >= 0.6 is 0 Å². The van der Waals surface area contributed by atoms with E-state index in [0.29, 0.717) is 30.2 Å². The Morgan fingerprint density at radius 3 is 2.70 bits per heavy atom. The summed E-state index contributed by atoms with van der Waals surface area (Å²) in [5.74, 6) is 0.224. The van der Waals surface area contributed by atoms with Crippen LogP contribution in [0.25, 0.3) is 5.70 Å². The molecular formula is C23H25N5O2. The number of aromatic nitrogens is 1. The molecule has 1 aromatic carbocycles. The number of aliphatic imine (C=N–C) groups is 1. The summed E-state index contributed by atoms with van der Waals surface area (Å²) < 4.78 is 0. The summed E-state index contributed by atoms with van der Waals surface area (Å²) in [5, 5.41) is 3.25. The van der Waals surface area contributed by atoms with Gasteiger partial charge in [0.25, 0.3) is 5.91 Å². The maximum absolute atomic E-state index is 12.8. The minimum absolute atomic E-state index is 0.000982. The lowest BCUT2D eigenvalue weighted by molar-refractivity contribution is -0.117. The number of rotatable bonds is 3. The second-order valence-electron chi connectivity index (χ2n) is 7.88. The Morgan fingerprint density at radius 1 is 1.23 bits per heavy atom. The highest BCUT2D eigenvalue weighted by Crippen LogP contribution is 2.22. The van der Waals surface area contributed by atoms with Crippen LogP contribution in [-0.4, -0.2) is 52.1 Å². The van der Waals surface area contributed by atoms with Crippen LogP contribution in [0.2, 0.25) is 0 Å². The molecule has 2 aliphatic rings. The summed E-state index contributed by atoms with van der Waals surface area (Å²) in [4.78, 5) is 36.2. The van der Waals surface area contributed by atoms with E-state index < -0.39 is 5.54 Å². The molecule has 2 aliphatic heterocycles. The number of nitrogens with two attached hydrogens (primary N) is 1. The van der Waals surface area contributed by atoms with Crippen molar-refractivity contribution in [3.63, 3.8) is 0 Å². The smallest absolute Gasteiger partial charge is 0.253 e. The molecule has 7 nitrogen and oxygen atoms in total. The summed E-state index contributed by atoms with van der Waals surface area (Å²) in [6.45, 7) is 2.86. The summed E-state index contributed by atoms with van der Waals surface area (Å²) in [7, 11) is 0. The van der Waals surface area contributed by atoms with Crippen molar-refractivity contribution in [2.75, 3.05) is 13.1 Å². The van der Waals surface area contributed by atoms with Gasteiger partial charge in [0.1, 0.15) is 11.4 Å². The monoisotopic (exact) mass is 403 g/mol. The van der Waals surface area contributed by atoms with Crippen molar-refractivity contribution >= 4 is 23.2 Å². The van der Waals surface area contributed by atoms with Gasteiger partial charge in [-0.2, -0.15) is 0 Å². The van der Waals surface area contributed by atoms with E-state index in [0.717, 1.165) is 18.4 Å². The molecule has 3 N–H and O–H groups in total. The van der Waals surface area contributed by atoms with Gasteiger partial charge >= 0.3 is 0 Å². The maximum Gasteiger partial charge on any atom is 0.253 e. The lowest BCUT2D eigenvalue weighted by atomic mass is 9.90. The number of piperidine rings is 1. The summed E-state index contributed by atoms with van der Waals surface area (Å²) >= 11 is 0. The fraction of sp³-hybridized carbons (Fsp3) is 0.304. The van der Waals surface area contributed by atoms with Crippen molar-refractivity contribution in [2.45, 2.75) is 31.3 Å². The van der Waals surface area contributed by atoms with Crippen LogP contribution < -0.4 is 11.1 Å². The molecule has 1 fully saturated rings. The molecule has 4 rings (SSSR count). The number of pyridine rings is 1. The molecule has 30 heavy (non-hydrogen) atoms. The lowest BCUT2D eigenvalue weighted by Gasteiger charge is -2.35. The Labute approximate surface area is 175 Å². The second-order valence-corrected chi connectivity index (χ2v) is 7.88. The van der Waals surface area contributed by atoms with Crippen LogP contribution in [0.5, 0.6) is 0 Å². The van der Waals surface area contributed by atoms with Crippen LogP contribution in [0, 0.1) is 0 Å². The molecule has 3 heterocycles. The highest BCUT2D eigenvalue weighted by Gasteiger charge is 2.38. The SMILES string of the molecule is CC1(N)C(=O)C=C(c2ccncc2)NC1=NC1CCCN(C(=O)c2ccccc2)C1. The molecule has 1 aromatic heterocycles. The average molecular weight is 403 g/mol. The van der Waals surface area contributed by atoms with E-state index in [2.05, 4.69) is 10.3 Å². The van der Waals surface area contributed by atoms with Gasteiger partial charge in [-0.3, -0.25) is 19.6 Å². The Kier molecular flexibility index (Phi) is 5.46. The first-order valence-electron chi connectivity index (χ1n) is 10.1. The van der Waals surface area contributed by atoms with Gasteiger partial charge in [-0.15, -0.1) is 0 Å². The number of carbonyl (C=O) groups is 2. The van der Waals surface area contributed by atoms with Gasteiger partial charge < -0.3 is 16.0 Å².